The molecule has 44 heavy (non-hydrogen) atoms. The third kappa shape index (κ3) is 3.94. The second kappa shape index (κ2) is 9.92. The van der Waals surface area contributed by atoms with Gasteiger partial charge >= 0.3 is 0 Å². The second-order valence-electron chi connectivity index (χ2n) is 13.5. The van der Waals surface area contributed by atoms with Crippen molar-refractivity contribution in [3.05, 3.63) is 77.9 Å². The molecule has 1 saturated heterocycles. The van der Waals surface area contributed by atoms with E-state index in [-0.39, 0.29) is 39.7 Å². The largest absolute Gasteiger partial charge is 0.399 e. The lowest BCUT2D eigenvalue weighted by Gasteiger charge is -2.59. The van der Waals surface area contributed by atoms with Crippen LogP contribution in [-0.2, 0) is 28.9 Å². The minimum Gasteiger partial charge on any atom is -0.399 e. The number of hydrogen-bond acceptors (Lipinski definition) is 9. The third-order valence-electron chi connectivity index (χ3n) is 11.4. The Morgan fingerprint density at radius 2 is 1.86 bits per heavy atom. The lowest BCUT2D eigenvalue weighted by molar-refractivity contribution is -0.201. The highest BCUT2D eigenvalue weighted by atomic mass is 32.2. The lowest BCUT2D eigenvalue weighted by Crippen LogP contribution is -2.63. The normalized spacial score (nSPS) is 39.2. The Morgan fingerprint density at radius 3 is 2.59 bits per heavy atom. The molecule has 5 aliphatic rings. The number of allylic oxidation sites excluding steroid dienone is 4. The van der Waals surface area contributed by atoms with Gasteiger partial charge in [-0.15, -0.1) is 0 Å². The van der Waals surface area contributed by atoms with E-state index in [1.165, 1.54) is 36.4 Å². The maximum atomic E-state index is 13.8. The quantitative estimate of drug-likeness (QED) is 0.425. The van der Waals surface area contributed by atoms with Crippen molar-refractivity contribution in [2.75, 3.05) is 12.3 Å². The van der Waals surface area contributed by atoms with E-state index < -0.39 is 57.2 Å². The van der Waals surface area contributed by atoms with Crippen molar-refractivity contribution in [2.24, 2.45) is 28.6 Å². The van der Waals surface area contributed by atoms with Gasteiger partial charge in [0.05, 0.1) is 22.0 Å². The number of benzene rings is 2. The van der Waals surface area contributed by atoms with Crippen molar-refractivity contribution in [3.63, 3.8) is 0 Å². The fourth-order valence-corrected chi connectivity index (χ4v) is 10.8. The highest BCUT2D eigenvalue weighted by molar-refractivity contribution is 7.91. The van der Waals surface area contributed by atoms with E-state index >= 15 is 0 Å². The van der Waals surface area contributed by atoms with E-state index in [9.17, 15) is 28.2 Å². The number of rotatable bonds is 5. The first-order valence-electron chi connectivity index (χ1n) is 15.2. The number of Topliss-reactive ketones (excluding diaryl/α,β-unsaturated/α-hetero) is 1. The summed E-state index contributed by atoms with van der Waals surface area (Å²) in [6.07, 6.45) is 4.93. The van der Waals surface area contributed by atoms with Gasteiger partial charge in [-0.3, -0.25) is 9.59 Å². The zero-order valence-electron chi connectivity index (χ0n) is 24.7. The summed E-state index contributed by atoms with van der Waals surface area (Å²) in [6.45, 7) is 3.30. The Hall–Kier alpha value is -3.15. The van der Waals surface area contributed by atoms with Crippen LogP contribution in [0.25, 0.3) is 0 Å². The third-order valence-corrected chi connectivity index (χ3v) is 13.2. The summed E-state index contributed by atoms with van der Waals surface area (Å²) in [5, 5.41) is 22.0. The fourth-order valence-electron chi connectivity index (χ4n) is 9.45. The van der Waals surface area contributed by atoms with Crippen molar-refractivity contribution >= 4 is 27.1 Å². The van der Waals surface area contributed by atoms with Gasteiger partial charge in [0.2, 0.25) is 9.84 Å². The Kier molecular flexibility index (Phi) is 6.67. The van der Waals surface area contributed by atoms with Crippen LogP contribution in [0.4, 0.5) is 5.69 Å². The van der Waals surface area contributed by atoms with Crippen molar-refractivity contribution in [1.29, 1.82) is 0 Å². The van der Waals surface area contributed by atoms with E-state index in [1.54, 1.807) is 24.3 Å². The number of sulfone groups is 1. The molecule has 2 aromatic carbocycles. The summed E-state index contributed by atoms with van der Waals surface area (Å²) in [7, 11) is -3.87. The number of aliphatic hydroxyl groups excluding tert-OH is 2. The SMILES string of the molecule is C[C@]12C=CC(=O)C=C1CC[C@@H]1[C@@H]2[C@@H](O)C[C@@]2(C)[C@H]1C[C@H]1O[C@@H](c3cccc(S(=O)(=O)c4ccc(N)cc4)c3)O[C@]12C(=O)CO. The molecule has 0 radical (unpaired) electrons. The molecule has 3 saturated carbocycles. The van der Waals surface area contributed by atoms with Crippen LogP contribution in [0.2, 0.25) is 0 Å². The zero-order valence-corrected chi connectivity index (χ0v) is 25.5. The standard InChI is InChI=1S/C34H37NO8S/c1-32-13-12-22(37)15-20(32)6-11-25-26-16-29-34(28(39)18-36,33(26,2)17-27(38)30(25)32)43-31(42-29)19-4-3-5-24(14-19)44(40,41)23-9-7-21(35)8-10-23/h3-5,7-10,12-15,25-27,29-31,36,38H,6,11,16-18,35H2,1-2H3/t25-,26-,27-,29+,30+,31+,32-,33-,34+/m0/s1. The Balaban J connectivity index is 1.23. The molecule has 1 aliphatic heterocycles. The summed E-state index contributed by atoms with van der Waals surface area (Å²) in [5.74, 6) is -0.684. The van der Waals surface area contributed by atoms with Crippen molar-refractivity contribution in [1.82, 2.24) is 0 Å². The molecule has 232 valence electrons. The van der Waals surface area contributed by atoms with Crippen molar-refractivity contribution < 1.29 is 37.7 Å². The maximum absolute atomic E-state index is 13.8. The predicted octanol–water partition coefficient (Wildman–Crippen LogP) is 3.70. The first-order valence-corrected chi connectivity index (χ1v) is 16.6. The first kappa shape index (κ1) is 29.6. The highest BCUT2D eigenvalue weighted by Gasteiger charge is 2.75. The summed E-state index contributed by atoms with van der Waals surface area (Å²) < 4.78 is 39.9. The molecular formula is C34H37NO8S. The molecule has 0 aromatic heterocycles. The molecule has 7 rings (SSSR count). The van der Waals surface area contributed by atoms with Crippen LogP contribution in [0, 0.1) is 28.6 Å². The van der Waals surface area contributed by atoms with Gasteiger partial charge < -0.3 is 25.4 Å². The number of nitrogens with two attached hydrogens (primary N) is 1. The van der Waals surface area contributed by atoms with Crippen molar-refractivity contribution in [3.8, 4) is 0 Å². The molecular weight excluding hydrogens is 582 g/mol. The highest BCUT2D eigenvalue weighted by Crippen LogP contribution is 2.70. The van der Waals surface area contributed by atoms with E-state index in [0.29, 0.717) is 17.7 Å². The monoisotopic (exact) mass is 619 g/mol. The number of anilines is 1. The maximum Gasteiger partial charge on any atom is 0.206 e. The Labute approximate surface area is 256 Å². The number of carbonyl (C=O) groups is 2. The van der Waals surface area contributed by atoms with Gasteiger partial charge in [0, 0.05) is 28.0 Å². The Bertz CT molecular complexity index is 1720. The van der Waals surface area contributed by atoms with Crippen LogP contribution in [-0.4, -0.2) is 54.6 Å². The first-order chi connectivity index (χ1) is 20.8. The van der Waals surface area contributed by atoms with Crippen LogP contribution in [0.15, 0.2) is 82.1 Å². The van der Waals surface area contributed by atoms with Gasteiger partial charge in [0.15, 0.2) is 23.5 Å². The van der Waals surface area contributed by atoms with Crippen LogP contribution in [0.1, 0.15) is 51.4 Å². The van der Waals surface area contributed by atoms with E-state index in [1.807, 2.05) is 13.0 Å². The minimum atomic E-state index is -3.87. The van der Waals surface area contributed by atoms with E-state index in [4.69, 9.17) is 15.2 Å². The summed E-state index contributed by atoms with van der Waals surface area (Å²) in [6, 6.07) is 12.2. The molecule has 9 atom stereocenters. The average Bonchev–Trinajstić information content (AvgIpc) is 3.50. The summed E-state index contributed by atoms with van der Waals surface area (Å²) in [5.41, 5.74) is 4.82. The number of ether oxygens (including phenoxy) is 2. The zero-order chi connectivity index (χ0) is 31.2. The predicted molar refractivity (Wildman–Crippen MR) is 160 cm³/mol. The molecule has 0 spiro atoms. The van der Waals surface area contributed by atoms with Gasteiger partial charge in [-0.2, -0.15) is 0 Å². The number of carbonyl (C=O) groups excluding carboxylic acids is 2. The average molecular weight is 620 g/mol. The second-order valence-corrected chi connectivity index (χ2v) is 15.4. The van der Waals surface area contributed by atoms with Gasteiger partial charge in [-0.1, -0.05) is 37.6 Å². The minimum absolute atomic E-state index is 0.0351. The van der Waals surface area contributed by atoms with Crippen LogP contribution < -0.4 is 5.73 Å². The Morgan fingerprint density at radius 1 is 1.11 bits per heavy atom. The fraction of sp³-hybridized carbons (Fsp3) is 0.471. The molecule has 9 nitrogen and oxygen atoms in total. The molecule has 10 heteroatoms. The smallest absolute Gasteiger partial charge is 0.206 e. The number of nitrogen functional groups attached to an aromatic ring is 1. The number of ketones is 2. The molecule has 2 aromatic rings. The summed E-state index contributed by atoms with van der Waals surface area (Å²) >= 11 is 0. The molecule has 4 N–H and O–H groups in total. The van der Waals surface area contributed by atoms with Gasteiger partial charge in [0.1, 0.15) is 6.61 Å². The van der Waals surface area contributed by atoms with Gasteiger partial charge in [0.25, 0.3) is 0 Å². The number of hydrogen-bond donors (Lipinski definition) is 3. The molecule has 0 bridgehead atoms. The molecule has 4 fully saturated rings. The molecule has 0 unspecified atom stereocenters. The van der Waals surface area contributed by atoms with Crippen LogP contribution in [0.5, 0.6) is 0 Å². The van der Waals surface area contributed by atoms with E-state index in [0.717, 1.165) is 18.4 Å². The molecule has 1 heterocycles. The molecule has 4 aliphatic carbocycles. The molecule has 0 amide bonds. The lowest BCUT2D eigenvalue weighted by atomic mass is 9.46. The van der Waals surface area contributed by atoms with Crippen molar-refractivity contribution in [2.45, 2.75) is 73.4 Å². The topological polar surface area (TPSA) is 153 Å². The van der Waals surface area contributed by atoms with E-state index in [2.05, 4.69) is 6.92 Å². The van der Waals surface area contributed by atoms with Crippen LogP contribution in [0.3, 0.4) is 0 Å². The van der Waals surface area contributed by atoms with Gasteiger partial charge in [-0.25, -0.2) is 8.42 Å². The number of fused-ring (bicyclic) bond motifs is 7. The van der Waals surface area contributed by atoms with Crippen LogP contribution >= 0.6 is 0 Å². The van der Waals surface area contributed by atoms with Gasteiger partial charge in [-0.05, 0) is 86.1 Å². The number of aliphatic hydroxyl groups is 2. The summed E-state index contributed by atoms with van der Waals surface area (Å²) in [4.78, 5) is 26.1.